The minimum atomic E-state index is 0.545. The van der Waals surface area contributed by atoms with Crippen molar-refractivity contribution in [1.29, 1.82) is 0 Å². The Bertz CT molecular complexity index is 720. The molecule has 0 aliphatic carbocycles. The predicted molar refractivity (Wildman–Crippen MR) is 74.1 cm³/mol. The molecule has 3 heteroatoms. The molecule has 0 fully saturated rings. The molecule has 1 aromatic carbocycles. The molecule has 0 aliphatic rings. The molecule has 3 rings (SSSR count). The lowest BCUT2D eigenvalue weighted by Crippen LogP contribution is -1.90. The molecule has 88 valence electrons. The molecule has 0 spiro atoms. The first kappa shape index (κ1) is 10.7. The lowest BCUT2D eigenvalue weighted by molar-refractivity contribution is 1.21. The van der Waals surface area contributed by atoms with Gasteiger partial charge in [-0.1, -0.05) is 12.1 Å². The molecule has 0 aliphatic heterocycles. The maximum absolute atomic E-state index is 5.67. The van der Waals surface area contributed by atoms with Crippen molar-refractivity contribution in [2.45, 2.75) is 6.92 Å². The van der Waals surface area contributed by atoms with Gasteiger partial charge in [-0.05, 0) is 43.3 Å². The average molecular weight is 235 g/mol. The van der Waals surface area contributed by atoms with Crippen LogP contribution < -0.4 is 5.73 Å². The SMILES string of the molecule is Cc1cccc(-c2ccc3nc(N)ccc3c2)n1. The Morgan fingerprint density at radius 3 is 2.67 bits per heavy atom. The molecule has 0 amide bonds. The number of nitrogens with two attached hydrogens (primary N) is 1. The van der Waals surface area contributed by atoms with Gasteiger partial charge in [0.1, 0.15) is 5.82 Å². The van der Waals surface area contributed by atoms with E-state index >= 15 is 0 Å². The normalized spacial score (nSPS) is 10.7. The summed E-state index contributed by atoms with van der Waals surface area (Å²) in [4.78, 5) is 8.81. The molecule has 18 heavy (non-hydrogen) atoms. The number of rotatable bonds is 1. The van der Waals surface area contributed by atoms with Crippen LogP contribution in [0.1, 0.15) is 5.69 Å². The third kappa shape index (κ3) is 1.91. The number of hydrogen-bond acceptors (Lipinski definition) is 3. The largest absolute Gasteiger partial charge is 0.384 e. The number of anilines is 1. The second-order valence-electron chi connectivity index (χ2n) is 4.31. The van der Waals surface area contributed by atoms with E-state index in [4.69, 9.17) is 5.73 Å². The maximum Gasteiger partial charge on any atom is 0.124 e. The number of aryl methyl sites for hydroxylation is 1. The second-order valence-corrected chi connectivity index (χ2v) is 4.31. The summed E-state index contributed by atoms with van der Waals surface area (Å²) in [6, 6.07) is 15.9. The van der Waals surface area contributed by atoms with Gasteiger partial charge in [-0.15, -0.1) is 0 Å². The van der Waals surface area contributed by atoms with Crippen LogP contribution >= 0.6 is 0 Å². The van der Waals surface area contributed by atoms with Crippen LogP contribution in [0, 0.1) is 6.92 Å². The lowest BCUT2D eigenvalue weighted by atomic mass is 10.1. The average Bonchev–Trinajstić information content (AvgIpc) is 2.38. The van der Waals surface area contributed by atoms with Crippen LogP contribution in [0.4, 0.5) is 5.82 Å². The number of aromatic nitrogens is 2. The first-order valence-corrected chi connectivity index (χ1v) is 5.83. The summed E-state index contributed by atoms with van der Waals surface area (Å²) in [7, 11) is 0. The summed E-state index contributed by atoms with van der Waals surface area (Å²) in [5, 5.41) is 1.07. The Balaban J connectivity index is 2.16. The van der Waals surface area contributed by atoms with Crippen molar-refractivity contribution in [2.75, 3.05) is 5.73 Å². The van der Waals surface area contributed by atoms with Gasteiger partial charge in [-0.3, -0.25) is 4.98 Å². The molecule has 3 nitrogen and oxygen atoms in total. The van der Waals surface area contributed by atoms with Crippen molar-refractivity contribution in [3.8, 4) is 11.3 Å². The smallest absolute Gasteiger partial charge is 0.124 e. The van der Waals surface area contributed by atoms with Crippen molar-refractivity contribution in [3.63, 3.8) is 0 Å². The highest BCUT2D eigenvalue weighted by molar-refractivity contribution is 5.84. The molecule has 0 saturated heterocycles. The Kier molecular flexibility index (Phi) is 2.45. The van der Waals surface area contributed by atoms with Gasteiger partial charge in [0.2, 0.25) is 0 Å². The zero-order chi connectivity index (χ0) is 12.5. The molecule has 2 aromatic heterocycles. The van der Waals surface area contributed by atoms with Crippen LogP contribution in [0.5, 0.6) is 0 Å². The molecule has 0 saturated carbocycles. The Morgan fingerprint density at radius 2 is 1.83 bits per heavy atom. The van der Waals surface area contributed by atoms with Crippen LogP contribution in [0.2, 0.25) is 0 Å². The first-order valence-electron chi connectivity index (χ1n) is 5.83. The van der Waals surface area contributed by atoms with Crippen LogP contribution in [0.3, 0.4) is 0 Å². The van der Waals surface area contributed by atoms with E-state index < -0.39 is 0 Å². The van der Waals surface area contributed by atoms with Crippen molar-refractivity contribution in [2.24, 2.45) is 0 Å². The van der Waals surface area contributed by atoms with Gasteiger partial charge in [0.15, 0.2) is 0 Å². The lowest BCUT2D eigenvalue weighted by Gasteiger charge is -2.04. The summed E-state index contributed by atoms with van der Waals surface area (Å²) < 4.78 is 0. The zero-order valence-electron chi connectivity index (χ0n) is 10.1. The van der Waals surface area contributed by atoms with E-state index in [1.165, 1.54) is 0 Å². The summed E-state index contributed by atoms with van der Waals surface area (Å²) in [6.45, 7) is 1.99. The number of hydrogen-bond donors (Lipinski definition) is 1. The van der Waals surface area contributed by atoms with E-state index in [2.05, 4.69) is 16.0 Å². The summed E-state index contributed by atoms with van der Waals surface area (Å²) in [5.41, 5.74) is 9.67. The van der Waals surface area contributed by atoms with E-state index in [9.17, 15) is 0 Å². The zero-order valence-corrected chi connectivity index (χ0v) is 10.1. The van der Waals surface area contributed by atoms with Crippen LogP contribution in [-0.4, -0.2) is 9.97 Å². The predicted octanol–water partition coefficient (Wildman–Crippen LogP) is 3.19. The van der Waals surface area contributed by atoms with Crippen molar-refractivity contribution in [1.82, 2.24) is 9.97 Å². The number of nitrogens with zero attached hydrogens (tertiary/aromatic N) is 2. The van der Waals surface area contributed by atoms with E-state index in [1.54, 1.807) is 0 Å². The van der Waals surface area contributed by atoms with Gasteiger partial charge in [-0.2, -0.15) is 0 Å². The minimum Gasteiger partial charge on any atom is -0.384 e. The fraction of sp³-hybridized carbons (Fsp3) is 0.0667. The Labute approximate surface area is 105 Å². The molecule has 0 atom stereocenters. The van der Waals surface area contributed by atoms with E-state index in [0.717, 1.165) is 27.9 Å². The highest BCUT2D eigenvalue weighted by Crippen LogP contribution is 2.22. The molecule has 0 radical (unpaired) electrons. The third-order valence-electron chi connectivity index (χ3n) is 2.89. The van der Waals surface area contributed by atoms with Crippen molar-refractivity contribution >= 4 is 16.7 Å². The number of nitrogen functional groups attached to an aromatic ring is 1. The van der Waals surface area contributed by atoms with E-state index in [0.29, 0.717) is 5.82 Å². The van der Waals surface area contributed by atoms with Gasteiger partial charge in [0.25, 0.3) is 0 Å². The monoisotopic (exact) mass is 235 g/mol. The minimum absolute atomic E-state index is 0.545. The number of fused-ring (bicyclic) bond motifs is 1. The van der Waals surface area contributed by atoms with Crippen molar-refractivity contribution in [3.05, 3.63) is 54.2 Å². The van der Waals surface area contributed by atoms with Gasteiger partial charge in [0.05, 0.1) is 11.2 Å². The van der Waals surface area contributed by atoms with E-state index in [1.807, 2.05) is 49.4 Å². The molecule has 2 heterocycles. The quantitative estimate of drug-likeness (QED) is 0.704. The van der Waals surface area contributed by atoms with Crippen LogP contribution in [0.15, 0.2) is 48.5 Å². The van der Waals surface area contributed by atoms with Crippen LogP contribution in [0.25, 0.3) is 22.2 Å². The third-order valence-corrected chi connectivity index (χ3v) is 2.89. The molecule has 0 unspecified atom stereocenters. The fourth-order valence-corrected chi connectivity index (χ4v) is 2.00. The van der Waals surface area contributed by atoms with Gasteiger partial charge in [0, 0.05) is 16.6 Å². The van der Waals surface area contributed by atoms with Gasteiger partial charge < -0.3 is 5.73 Å². The van der Waals surface area contributed by atoms with Gasteiger partial charge in [-0.25, -0.2) is 4.98 Å². The summed E-state index contributed by atoms with van der Waals surface area (Å²) in [6.07, 6.45) is 0. The number of benzene rings is 1. The number of pyridine rings is 2. The maximum atomic E-state index is 5.67. The Morgan fingerprint density at radius 1 is 0.944 bits per heavy atom. The topological polar surface area (TPSA) is 51.8 Å². The molecule has 3 aromatic rings. The van der Waals surface area contributed by atoms with E-state index in [-0.39, 0.29) is 0 Å². The summed E-state index contributed by atoms with van der Waals surface area (Å²) >= 11 is 0. The fourth-order valence-electron chi connectivity index (χ4n) is 2.00. The highest BCUT2D eigenvalue weighted by Gasteiger charge is 2.02. The molecule has 2 N–H and O–H groups in total. The van der Waals surface area contributed by atoms with Crippen LogP contribution in [-0.2, 0) is 0 Å². The van der Waals surface area contributed by atoms with Crippen molar-refractivity contribution < 1.29 is 0 Å². The van der Waals surface area contributed by atoms with Gasteiger partial charge >= 0.3 is 0 Å². The molecular formula is C15H13N3. The molecule has 0 bridgehead atoms. The Hall–Kier alpha value is -2.42. The summed E-state index contributed by atoms with van der Waals surface area (Å²) in [5.74, 6) is 0.545. The second kappa shape index (κ2) is 4.11. The first-order chi connectivity index (χ1) is 8.72. The molecular weight excluding hydrogens is 222 g/mol. The highest BCUT2D eigenvalue weighted by atomic mass is 14.8. The standard InChI is InChI=1S/C15H13N3/c1-10-3-2-4-13(17-10)11-5-7-14-12(9-11)6-8-15(16)18-14/h2-9H,1H3,(H2,16,18).